The van der Waals surface area contributed by atoms with Crippen LogP contribution in [0.5, 0.6) is 0 Å². The number of anilines is 1. The maximum absolute atomic E-state index is 11.4. The minimum atomic E-state index is -0.409. The van der Waals surface area contributed by atoms with Crippen molar-refractivity contribution in [3.63, 3.8) is 0 Å². The number of hydrogen-bond donors (Lipinski definition) is 1. The van der Waals surface area contributed by atoms with Gasteiger partial charge in [0.1, 0.15) is 5.69 Å². The molecule has 2 heterocycles. The van der Waals surface area contributed by atoms with Gasteiger partial charge in [-0.1, -0.05) is 0 Å². The molecule has 1 aromatic heterocycles. The summed E-state index contributed by atoms with van der Waals surface area (Å²) in [7, 11) is 1.35. The van der Waals surface area contributed by atoms with Gasteiger partial charge in [0.15, 0.2) is 0 Å². The Hall–Kier alpha value is -1.62. The van der Waals surface area contributed by atoms with Gasteiger partial charge in [-0.2, -0.15) is 0 Å². The van der Waals surface area contributed by atoms with Crippen molar-refractivity contribution in [2.45, 2.75) is 18.9 Å². The second-order valence-corrected chi connectivity index (χ2v) is 4.24. The standard InChI is InChI=1S/C12H17N3O2/c1-17-12(16)11-7-10(4-5-14-11)15-6-2-3-9(13)8-15/h4-5,7,9H,2-3,6,8,13H2,1H3/t9-/m1/s1. The van der Waals surface area contributed by atoms with Gasteiger partial charge >= 0.3 is 5.97 Å². The Bertz CT molecular complexity index is 408. The molecule has 2 N–H and O–H groups in total. The minimum Gasteiger partial charge on any atom is -0.464 e. The fourth-order valence-corrected chi connectivity index (χ4v) is 2.08. The van der Waals surface area contributed by atoms with Crippen LogP contribution in [-0.4, -0.2) is 37.2 Å². The van der Waals surface area contributed by atoms with Crippen LogP contribution in [0, 0.1) is 0 Å². The lowest BCUT2D eigenvalue weighted by Crippen LogP contribution is -2.42. The molecule has 0 radical (unpaired) electrons. The summed E-state index contributed by atoms with van der Waals surface area (Å²) in [5, 5.41) is 0. The highest BCUT2D eigenvalue weighted by Gasteiger charge is 2.18. The smallest absolute Gasteiger partial charge is 0.356 e. The van der Waals surface area contributed by atoms with Crippen LogP contribution in [0.1, 0.15) is 23.3 Å². The average Bonchev–Trinajstić information content (AvgIpc) is 2.38. The van der Waals surface area contributed by atoms with E-state index in [4.69, 9.17) is 5.73 Å². The van der Waals surface area contributed by atoms with Crippen LogP contribution in [0.2, 0.25) is 0 Å². The topological polar surface area (TPSA) is 68.5 Å². The van der Waals surface area contributed by atoms with Crippen molar-refractivity contribution in [3.8, 4) is 0 Å². The summed E-state index contributed by atoms with van der Waals surface area (Å²) in [4.78, 5) is 17.6. The molecule has 1 fully saturated rings. The van der Waals surface area contributed by atoms with E-state index in [1.807, 2.05) is 6.07 Å². The Labute approximate surface area is 101 Å². The molecule has 1 saturated heterocycles. The van der Waals surface area contributed by atoms with Gasteiger partial charge in [0, 0.05) is 31.0 Å². The zero-order chi connectivity index (χ0) is 12.3. The first kappa shape index (κ1) is 11.9. The van der Waals surface area contributed by atoms with E-state index < -0.39 is 5.97 Å². The Morgan fingerprint density at radius 1 is 1.65 bits per heavy atom. The maximum Gasteiger partial charge on any atom is 0.356 e. The monoisotopic (exact) mass is 235 g/mol. The molecule has 1 atom stereocenters. The van der Waals surface area contributed by atoms with Crippen molar-refractivity contribution in [2.24, 2.45) is 5.73 Å². The normalized spacial score (nSPS) is 20.1. The van der Waals surface area contributed by atoms with Gasteiger partial charge < -0.3 is 15.4 Å². The van der Waals surface area contributed by atoms with E-state index >= 15 is 0 Å². The quantitative estimate of drug-likeness (QED) is 0.768. The first-order valence-electron chi connectivity index (χ1n) is 5.75. The number of ether oxygens (including phenoxy) is 1. The van der Waals surface area contributed by atoms with Crippen LogP contribution in [0.15, 0.2) is 18.3 Å². The van der Waals surface area contributed by atoms with Gasteiger partial charge in [-0.25, -0.2) is 9.78 Å². The average molecular weight is 235 g/mol. The minimum absolute atomic E-state index is 0.207. The van der Waals surface area contributed by atoms with Gasteiger partial charge in [0.2, 0.25) is 0 Å². The zero-order valence-electron chi connectivity index (χ0n) is 9.93. The van der Waals surface area contributed by atoms with E-state index in [1.54, 1.807) is 12.3 Å². The lowest BCUT2D eigenvalue weighted by molar-refractivity contribution is 0.0594. The molecule has 0 aromatic carbocycles. The molecule has 17 heavy (non-hydrogen) atoms. The number of rotatable bonds is 2. The van der Waals surface area contributed by atoms with E-state index in [0.29, 0.717) is 5.69 Å². The number of pyridine rings is 1. The number of methoxy groups -OCH3 is 1. The molecule has 0 amide bonds. The Kier molecular flexibility index (Phi) is 3.58. The second kappa shape index (κ2) is 5.14. The van der Waals surface area contributed by atoms with Gasteiger partial charge in [-0.3, -0.25) is 0 Å². The molecule has 0 aliphatic carbocycles. The number of esters is 1. The van der Waals surface area contributed by atoms with Crippen LogP contribution >= 0.6 is 0 Å². The molecule has 92 valence electrons. The van der Waals surface area contributed by atoms with Gasteiger partial charge in [-0.15, -0.1) is 0 Å². The molecule has 1 aliphatic rings. The van der Waals surface area contributed by atoms with Crippen LogP contribution in [0.25, 0.3) is 0 Å². The fraction of sp³-hybridized carbons (Fsp3) is 0.500. The third-order valence-electron chi connectivity index (χ3n) is 2.96. The number of nitrogens with zero attached hydrogens (tertiary/aromatic N) is 2. The van der Waals surface area contributed by atoms with Crippen molar-refractivity contribution in [3.05, 3.63) is 24.0 Å². The van der Waals surface area contributed by atoms with Crippen molar-refractivity contribution in [2.75, 3.05) is 25.1 Å². The number of aromatic nitrogens is 1. The summed E-state index contributed by atoms with van der Waals surface area (Å²) in [6.07, 6.45) is 3.77. The van der Waals surface area contributed by atoms with Gasteiger partial charge in [0.25, 0.3) is 0 Å². The summed E-state index contributed by atoms with van der Waals surface area (Å²) < 4.78 is 4.66. The van der Waals surface area contributed by atoms with Crippen molar-refractivity contribution in [1.82, 2.24) is 4.98 Å². The lowest BCUT2D eigenvalue weighted by atomic mass is 10.1. The molecule has 1 aromatic rings. The van der Waals surface area contributed by atoms with Crippen molar-refractivity contribution >= 4 is 11.7 Å². The maximum atomic E-state index is 11.4. The number of carbonyl (C=O) groups excluding carboxylic acids is 1. The predicted octanol–water partition coefficient (Wildman–Crippen LogP) is 0.796. The third-order valence-corrected chi connectivity index (χ3v) is 2.96. The second-order valence-electron chi connectivity index (χ2n) is 4.24. The number of piperidine rings is 1. The molecule has 5 heteroatoms. The summed E-state index contributed by atoms with van der Waals surface area (Å²) >= 11 is 0. The van der Waals surface area contributed by atoms with Crippen LogP contribution < -0.4 is 10.6 Å². The van der Waals surface area contributed by atoms with E-state index in [1.165, 1.54) is 7.11 Å². The summed E-state index contributed by atoms with van der Waals surface area (Å²) in [5.41, 5.74) is 7.26. The molecule has 0 unspecified atom stereocenters. The molecule has 1 aliphatic heterocycles. The molecule has 2 rings (SSSR count). The van der Waals surface area contributed by atoms with Crippen LogP contribution in [0.4, 0.5) is 5.69 Å². The first-order valence-corrected chi connectivity index (χ1v) is 5.75. The van der Waals surface area contributed by atoms with Gasteiger partial charge in [-0.05, 0) is 25.0 Å². The van der Waals surface area contributed by atoms with E-state index in [-0.39, 0.29) is 6.04 Å². The SMILES string of the molecule is COC(=O)c1cc(N2CCC[C@@H](N)C2)ccn1. The molecule has 0 saturated carbocycles. The van der Waals surface area contributed by atoms with Gasteiger partial charge in [0.05, 0.1) is 7.11 Å². The largest absolute Gasteiger partial charge is 0.464 e. The molecule has 5 nitrogen and oxygen atoms in total. The molecular formula is C12H17N3O2. The summed E-state index contributed by atoms with van der Waals surface area (Å²) in [5.74, 6) is -0.409. The van der Waals surface area contributed by atoms with Crippen LogP contribution in [-0.2, 0) is 4.74 Å². The molecule has 0 spiro atoms. The first-order chi connectivity index (χ1) is 8.20. The highest BCUT2D eigenvalue weighted by Crippen LogP contribution is 2.19. The molecular weight excluding hydrogens is 218 g/mol. The third kappa shape index (κ3) is 2.74. The van der Waals surface area contributed by atoms with Crippen molar-refractivity contribution < 1.29 is 9.53 Å². The zero-order valence-corrected chi connectivity index (χ0v) is 9.93. The Morgan fingerprint density at radius 3 is 3.18 bits per heavy atom. The number of carbonyl (C=O) groups is 1. The summed E-state index contributed by atoms with van der Waals surface area (Å²) in [6, 6.07) is 3.85. The van der Waals surface area contributed by atoms with E-state index in [2.05, 4.69) is 14.6 Å². The van der Waals surface area contributed by atoms with E-state index in [0.717, 1.165) is 31.6 Å². The van der Waals surface area contributed by atoms with E-state index in [9.17, 15) is 4.79 Å². The van der Waals surface area contributed by atoms with Crippen LogP contribution in [0.3, 0.4) is 0 Å². The predicted molar refractivity (Wildman–Crippen MR) is 65.0 cm³/mol. The van der Waals surface area contributed by atoms with Crippen molar-refractivity contribution in [1.29, 1.82) is 0 Å². The Balaban J connectivity index is 2.17. The highest BCUT2D eigenvalue weighted by atomic mass is 16.5. The highest BCUT2D eigenvalue weighted by molar-refractivity contribution is 5.88. The lowest BCUT2D eigenvalue weighted by Gasteiger charge is -2.32. The number of nitrogens with two attached hydrogens (primary N) is 1. The summed E-state index contributed by atoms with van der Waals surface area (Å²) in [6.45, 7) is 1.79. The molecule has 0 bridgehead atoms. The fourth-order valence-electron chi connectivity index (χ4n) is 2.08. The number of hydrogen-bond acceptors (Lipinski definition) is 5. The Morgan fingerprint density at radius 2 is 2.47 bits per heavy atom.